The first kappa shape index (κ1) is 27.3. The molecule has 33 heavy (non-hydrogen) atoms. The number of hydrogen-bond donors (Lipinski definition) is 8. The van der Waals surface area contributed by atoms with Gasteiger partial charge in [0.1, 0.15) is 17.8 Å². The van der Waals surface area contributed by atoms with Crippen molar-refractivity contribution >= 4 is 29.6 Å². The molecule has 10 N–H and O–H groups in total. The second kappa shape index (κ2) is 12.4. The van der Waals surface area contributed by atoms with Crippen molar-refractivity contribution in [1.82, 2.24) is 16.0 Å². The van der Waals surface area contributed by atoms with Crippen LogP contribution in [-0.2, 0) is 30.4 Å². The fourth-order valence-electron chi connectivity index (χ4n) is 2.71. The normalized spacial score (nSPS) is 15.3. The zero-order valence-electron chi connectivity index (χ0n) is 18.1. The lowest BCUT2D eigenvalue weighted by Crippen LogP contribution is -2.58. The van der Waals surface area contributed by atoms with Crippen LogP contribution in [-0.4, -0.2) is 75.2 Å². The van der Waals surface area contributed by atoms with Crippen LogP contribution in [0.15, 0.2) is 24.3 Å². The lowest BCUT2D eigenvalue weighted by Gasteiger charge is -2.24. The van der Waals surface area contributed by atoms with Crippen LogP contribution in [0.2, 0.25) is 0 Å². The predicted octanol–water partition coefficient (Wildman–Crippen LogP) is -2.92. The number of carbonyl (C=O) groups is 5. The fraction of sp³-hybridized carbons (Fsp3) is 0.450. The molecule has 13 nitrogen and oxygen atoms in total. The molecule has 0 aliphatic rings. The third kappa shape index (κ3) is 9.13. The second-order valence-corrected chi connectivity index (χ2v) is 7.50. The SMILES string of the molecule is CC(NC(=O)C(Cc1ccc(O)cc1)NC(=O)C(N)CC(N)=O)C(=O)NC(C(=O)O)C(C)O. The van der Waals surface area contributed by atoms with Crippen molar-refractivity contribution in [2.24, 2.45) is 11.5 Å². The number of primary amides is 1. The standard InChI is InChI=1S/C20H29N5O8/c1-9(17(29)25-16(10(2)26)20(32)33)23-19(31)14(7-11-3-5-12(27)6-4-11)24-18(30)13(21)8-15(22)28/h3-6,9-10,13-14,16,26-27H,7-8,21H2,1-2H3,(H2,22,28)(H,23,31)(H,24,30)(H,25,29)(H,32,33). The molecule has 1 rings (SSSR count). The summed E-state index contributed by atoms with van der Waals surface area (Å²) in [4.78, 5) is 59.6. The van der Waals surface area contributed by atoms with Gasteiger partial charge in [0.15, 0.2) is 6.04 Å². The van der Waals surface area contributed by atoms with Crippen molar-refractivity contribution < 1.29 is 39.3 Å². The van der Waals surface area contributed by atoms with Gasteiger partial charge < -0.3 is 42.7 Å². The van der Waals surface area contributed by atoms with Gasteiger partial charge in [-0.3, -0.25) is 19.2 Å². The van der Waals surface area contributed by atoms with E-state index in [1.54, 1.807) is 0 Å². The number of carbonyl (C=O) groups excluding carboxylic acids is 4. The van der Waals surface area contributed by atoms with Gasteiger partial charge in [-0.2, -0.15) is 0 Å². The monoisotopic (exact) mass is 467 g/mol. The predicted molar refractivity (Wildman–Crippen MR) is 114 cm³/mol. The van der Waals surface area contributed by atoms with E-state index in [0.717, 1.165) is 0 Å². The Labute approximate surface area is 189 Å². The number of aromatic hydroxyl groups is 1. The molecule has 5 unspecified atom stereocenters. The summed E-state index contributed by atoms with van der Waals surface area (Å²) in [6, 6.07) is 0.436. The lowest BCUT2D eigenvalue weighted by atomic mass is 10.0. The van der Waals surface area contributed by atoms with Crippen LogP contribution in [0.5, 0.6) is 5.75 Å². The average molecular weight is 467 g/mol. The van der Waals surface area contributed by atoms with E-state index in [1.807, 2.05) is 0 Å². The Kier molecular flexibility index (Phi) is 10.2. The Morgan fingerprint density at radius 2 is 1.52 bits per heavy atom. The summed E-state index contributed by atoms with van der Waals surface area (Å²) in [5.41, 5.74) is 11.2. The van der Waals surface area contributed by atoms with Crippen LogP contribution in [0.4, 0.5) is 0 Å². The maximum atomic E-state index is 12.8. The molecular formula is C20H29N5O8. The number of rotatable bonds is 12. The van der Waals surface area contributed by atoms with Crippen LogP contribution in [0.3, 0.4) is 0 Å². The smallest absolute Gasteiger partial charge is 0.328 e. The van der Waals surface area contributed by atoms with Crippen molar-refractivity contribution in [1.29, 1.82) is 0 Å². The number of aliphatic carboxylic acids is 1. The molecule has 182 valence electrons. The Morgan fingerprint density at radius 1 is 0.939 bits per heavy atom. The van der Waals surface area contributed by atoms with Gasteiger partial charge in [0.05, 0.1) is 18.6 Å². The lowest BCUT2D eigenvalue weighted by molar-refractivity contribution is -0.145. The zero-order chi connectivity index (χ0) is 25.3. The van der Waals surface area contributed by atoms with E-state index < -0.39 is 66.3 Å². The van der Waals surface area contributed by atoms with E-state index in [4.69, 9.17) is 16.6 Å². The topological polar surface area (TPSA) is 234 Å². The first-order valence-electron chi connectivity index (χ1n) is 9.95. The Hall–Kier alpha value is -3.71. The molecule has 0 saturated carbocycles. The van der Waals surface area contributed by atoms with Crippen molar-refractivity contribution in [3.8, 4) is 5.75 Å². The molecule has 4 amide bonds. The van der Waals surface area contributed by atoms with Crippen LogP contribution in [0, 0.1) is 0 Å². The Bertz CT molecular complexity index is 874. The molecule has 1 aromatic carbocycles. The number of carboxylic acids is 1. The largest absolute Gasteiger partial charge is 0.508 e. The highest BCUT2D eigenvalue weighted by Gasteiger charge is 2.30. The number of phenols is 1. The number of amides is 4. The molecule has 0 aliphatic carbocycles. The first-order chi connectivity index (χ1) is 15.3. The van der Waals surface area contributed by atoms with E-state index in [2.05, 4.69) is 16.0 Å². The summed E-state index contributed by atoms with van der Waals surface area (Å²) in [5, 5.41) is 34.8. The number of nitrogens with two attached hydrogens (primary N) is 2. The zero-order valence-corrected chi connectivity index (χ0v) is 18.1. The van der Waals surface area contributed by atoms with Gasteiger partial charge in [-0.05, 0) is 31.5 Å². The molecular weight excluding hydrogens is 438 g/mol. The molecule has 0 aromatic heterocycles. The van der Waals surface area contributed by atoms with Gasteiger partial charge in [-0.25, -0.2) is 4.79 Å². The summed E-state index contributed by atoms with van der Waals surface area (Å²) >= 11 is 0. The summed E-state index contributed by atoms with van der Waals surface area (Å²) in [6.45, 7) is 2.47. The van der Waals surface area contributed by atoms with Crippen molar-refractivity contribution in [2.45, 2.75) is 57.0 Å². The van der Waals surface area contributed by atoms with Crippen LogP contribution >= 0.6 is 0 Å². The molecule has 0 heterocycles. The minimum absolute atomic E-state index is 0.0105. The summed E-state index contributed by atoms with van der Waals surface area (Å²) in [6.07, 6.45) is -1.89. The van der Waals surface area contributed by atoms with Crippen LogP contribution in [0.25, 0.3) is 0 Å². The number of carboxylic acid groups (broad SMARTS) is 1. The van der Waals surface area contributed by atoms with Gasteiger partial charge >= 0.3 is 5.97 Å². The highest BCUT2D eigenvalue weighted by molar-refractivity contribution is 5.95. The molecule has 0 bridgehead atoms. The number of aliphatic hydroxyl groups excluding tert-OH is 1. The molecule has 1 aromatic rings. The molecule has 0 fully saturated rings. The van der Waals surface area contributed by atoms with E-state index >= 15 is 0 Å². The van der Waals surface area contributed by atoms with E-state index in [9.17, 15) is 34.2 Å². The maximum Gasteiger partial charge on any atom is 0.328 e. The molecule has 5 atom stereocenters. The molecule has 0 radical (unpaired) electrons. The molecule has 0 spiro atoms. The summed E-state index contributed by atoms with van der Waals surface area (Å²) in [7, 11) is 0. The summed E-state index contributed by atoms with van der Waals surface area (Å²) in [5.74, 6) is -4.79. The number of benzene rings is 1. The first-order valence-corrected chi connectivity index (χ1v) is 9.95. The van der Waals surface area contributed by atoms with Crippen LogP contribution < -0.4 is 27.4 Å². The van der Waals surface area contributed by atoms with E-state index in [-0.39, 0.29) is 12.2 Å². The van der Waals surface area contributed by atoms with Crippen molar-refractivity contribution in [2.75, 3.05) is 0 Å². The van der Waals surface area contributed by atoms with E-state index in [1.165, 1.54) is 38.1 Å². The van der Waals surface area contributed by atoms with Gasteiger partial charge in [0.25, 0.3) is 0 Å². The van der Waals surface area contributed by atoms with Gasteiger partial charge in [0.2, 0.25) is 23.6 Å². The Balaban J connectivity index is 2.96. The minimum Gasteiger partial charge on any atom is -0.508 e. The van der Waals surface area contributed by atoms with Crippen molar-refractivity contribution in [3.05, 3.63) is 29.8 Å². The fourth-order valence-corrected chi connectivity index (χ4v) is 2.71. The van der Waals surface area contributed by atoms with Gasteiger partial charge in [-0.15, -0.1) is 0 Å². The molecule has 0 saturated heterocycles. The maximum absolute atomic E-state index is 12.8. The van der Waals surface area contributed by atoms with Gasteiger partial charge in [0, 0.05) is 6.42 Å². The number of hydrogen-bond acceptors (Lipinski definition) is 8. The van der Waals surface area contributed by atoms with Gasteiger partial charge in [-0.1, -0.05) is 12.1 Å². The quantitative estimate of drug-likeness (QED) is 0.157. The van der Waals surface area contributed by atoms with Crippen molar-refractivity contribution in [3.63, 3.8) is 0 Å². The number of aliphatic hydroxyl groups is 1. The minimum atomic E-state index is -1.59. The third-order valence-corrected chi connectivity index (χ3v) is 4.57. The molecule has 0 aliphatic heterocycles. The number of nitrogens with one attached hydrogen (secondary N) is 3. The third-order valence-electron chi connectivity index (χ3n) is 4.57. The van der Waals surface area contributed by atoms with E-state index in [0.29, 0.717) is 5.56 Å². The highest BCUT2D eigenvalue weighted by atomic mass is 16.4. The summed E-state index contributed by atoms with van der Waals surface area (Å²) < 4.78 is 0. The highest BCUT2D eigenvalue weighted by Crippen LogP contribution is 2.12. The second-order valence-electron chi connectivity index (χ2n) is 7.50. The average Bonchev–Trinajstić information content (AvgIpc) is 2.71. The number of phenolic OH excluding ortho intramolecular Hbond substituents is 1. The van der Waals surface area contributed by atoms with Crippen LogP contribution in [0.1, 0.15) is 25.8 Å². The molecule has 13 heteroatoms. The Morgan fingerprint density at radius 3 is 2.00 bits per heavy atom.